The second-order valence-corrected chi connectivity index (χ2v) is 6.08. The lowest BCUT2D eigenvalue weighted by Crippen LogP contribution is -2.30. The molecule has 2 aromatic heterocycles. The zero-order valence-electron chi connectivity index (χ0n) is 13.4. The third-order valence-electron chi connectivity index (χ3n) is 3.87. The summed E-state index contributed by atoms with van der Waals surface area (Å²) in [5.41, 5.74) is 1.20. The fourth-order valence-corrected chi connectivity index (χ4v) is 2.93. The first-order valence-corrected chi connectivity index (χ1v) is 8.16. The standard InChI is InChI=1S/C18H12ClN5O2/c19-12-8-11-4-3-7-20-17(11)15(9-12)21-16(25)10-24-18(26)13-5-1-2-6-14(13)22-23-24/h1-9H,10H2,(H,21,25). The number of rotatable bonds is 3. The summed E-state index contributed by atoms with van der Waals surface area (Å²) in [7, 11) is 0. The van der Waals surface area contributed by atoms with E-state index in [1.54, 1.807) is 48.7 Å². The minimum Gasteiger partial charge on any atom is -0.323 e. The maximum Gasteiger partial charge on any atom is 0.278 e. The van der Waals surface area contributed by atoms with Crippen LogP contribution in [0.5, 0.6) is 0 Å². The predicted octanol–water partition coefficient (Wildman–Crippen LogP) is 2.63. The van der Waals surface area contributed by atoms with Gasteiger partial charge in [-0.2, -0.15) is 0 Å². The van der Waals surface area contributed by atoms with Gasteiger partial charge >= 0.3 is 0 Å². The number of aromatic nitrogens is 4. The third-order valence-corrected chi connectivity index (χ3v) is 4.08. The average molecular weight is 366 g/mol. The number of anilines is 1. The van der Waals surface area contributed by atoms with Crippen LogP contribution in [0, 0.1) is 0 Å². The molecule has 4 rings (SSSR count). The van der Waals surface area contributed by atoms with Crippen LogP contribution in [0.2, 0.25) is 5.02 Å². The molecular weight excluding hydrogens is 354 g/mol. The Morgan fingerprint density at radius 1 is 1.15 bits per heavy atom. The van der Waals surface area contributed by atoms with E-state index >= 15 is 0 Å². The summed E-state index contributed by atoms with van der Waals surface area (Å²) in [4.78, 5) is 29.1. The van der Waals surface area contributed by atoms with Gasteiger partial charge in [0.05, 0.1) is 16.6 Å². The van der Waals surface area contributed by atoms with Gasteiger partial charge in [-0.1, -0.05) is 35.0 Å². The highest BCUT2D eigenvalue weighted by molar-refractivity contribution is 6.32. The molecule has 1 N–H and O–H groups in total. The van der Waals surface area contributed by atoms with Gasteiger partial charge in [0.25, 0.3) is 5.56 Å². The molecule has 1 amide bonds. The van der Waals surface area contributed by atoms with Crippen LogP contribution in [0.1, 0.15) is 0 Å². The fourth-order valence-electron chi connectivity index (χ4n) is 2.70. The minimum absolute atomic E-state index is 0.266. The molecule has 0 bridgehead atoms. The van der Waals surface area contributed by atoms with Crippen LogP contribution in [0.15, 0.2) is 59.5 Å². The van der Waals surface area contributed by atoms with Crippen LogP contribution in [-0.2, 0) is 11.3 Å². The molecule has 7 nitrogen and oxygen atoms in total. The van der Waals surface area contributed by atoms with E-state index in [-0.39, 0.29) is 12.1 Å². The van der Waals surface area contributed by atoms with Crippen molar-refractivity contribution in [2.45, 2.75) is 6.54 Å². The molecule has 0 spiro atoms. The van der Waals surface area contributed by atoms with Gasteiger partial charge in [0.1, 0.15) is 12.1 Å². The zero-order chi connectivity index (χ0) is 18.1. The molecule has 0 atom stereocenters. The summed E-state index contributed by atoms with van der Waals surface area (Å²) in [6.07, 6.45) is 1.63. The number of nitrogens with one attached hydrogen (secondary N) is 1. The van der Waals surface area contributed by atoms with E-state index in [2.05, 4.69) is 20.6 Å². The molecule has 2 heterocycles. The molecule has 0 saturated carbocycles. The summed E-state index contributed by atoms with van der Waals surface area (Å²) >= 11 is 6.10. The summed E-state index contributed by atoms with van der Waals surface area (Å²) in [6, 6.07) is 13.9. The highest BCUT2D eigenvalue weighted by Crippen LogP contribution is 2.26. The van der Waals surface area contributed by atoms with E-state index in [0.29, 0.717) is 27.1 Å². The molecule has 2 aromatic carbocycles. The molecule has 0 aliphatic carbocycles. The molecule has 0 saturated heterocycles. The monoisotopic (exact) mass is 365 g/mol. The first-order valence-electron chi connectivity index (χ1n) is 7.78. The maximum absolute atomic E-state index is 12.4. The van der Waals surface area contributed by atoms with Gasteiger partial charge in [-0.15, -0.1) is 5.10 Å². The van der Waals surface area contributed by atoms with Crippen molar-refractivity contribution < 1.29 is 4.79 Å². The second kappa shape index (κ2) is 6.53. The number of amides is 1. The van der Waals surface area contributed by atoms with E-state index in [1.165, 1.54) is 0 Å². The van der Waals surface area contributed by atoms with E-state index < -0.39 is 5.91 Å². The molecule has 128 valence electrons. The average Bonchev–Trinajstić information content (AvgIpc) is 2.64. The van der Waals surface area contributed by atoms with E-state index in [9.17, 15) is 9.59 Å². The predicted molar refractivity (Wildman–Crippen MR) is 99.2 cm³/mol. The summed E-state index contributed by atoms with van der Waals surface area (Å²) in [6.45, 7) is -0.266. The molecule has 4 aromatic rings. The minimum atomic E-state index is -0.425. The molecular formula is C18H12ClN5O2. The number of carbonyl (C=O) groups excluding carboxylic acids is 1. The number of halogens is 1. The van der Waals surface area contributed by atoms with Gasteiger partial charge in [-0.25, -0.2) is 4.68 Å². The Balaban J connectivity index is 1.64. The molecule has 0 fully saturated rings. The molecule has 26 heavy (non-hydrogen) atoms. The highest BCUT2D eigenvalue weighted by Gasteiger charge is 2.12. The van der Waals surface area contributed by atoms with Gasteiger partial charge in [-0.3, -0.25) is 14.6 Å². The molecule has 0 unspecified atom stereocenters. The Kier molecular flexibility index (Phi) is 4.06. The normalized spacial score (nSPS) is 11.0. The number of hydrogen-bond donors (Lipinski definition) is 1. The van der Waals surface area contributed by atoms with Crippen LogP contribution in [0.25, 0.3) is 21.8 Å². The SMILES string of the molecule is O=C(Cn1nnc2ccccc2c1=O)Nc1cc(Cl)cc2cccnc12. The van der Waals surface area contributed by atoms with Gasteiger partial charge in [0.2, 0.25) is 5.91 Å². The lowest BCUT2D eigenvalue weighted by Gasteiger charge is -2.09. The van der Waals surface area contributed by atoms with Crippen molar-refractivity contribution in [3.8, 4) is 0 Å². The van der Waals surface area contributed by atoms with Crippen LogP contribution in [0.4, 0.5) is 5.69 Å². The first-order chi connectivity index (χ1) is 12.6. The van der Waals surface area contributed by atoms with Gasteiger partial charge in [0, 0.05) is 16.6 Å². The number of hydrogen-bond acceptors (Lipinski definition) is 5. The molecule has 0 radical (unpaired) electrons. The van der Waals surface area contributed by atoms with Crippen LogP contribution < -0.4 is 10.9 Å². The van der Waals surface area contributed by atoms with Crippen molar-refractivity contribution in [3.05, 3.63) is 70.1 Å². The summed E-state index contributed by atoms with van der Waals surface area (Å²) in [5, 5.41) is 12.2. The zero-order valence-corrected chi connectivity index (χ0v) is 14.1. The summed E-state index contributed by atoms with van der Waals surface area (Å²) in [5.74, 6) is -0.425. The second-order valence-electron chi connectivity index (χ2n) is 5.65. The number of carbonyl (C=O) groups is 1. The Labute approximate surface area is 152 Å². The lowest BCUT2D eigenvalue weighted by molar-refractivity contribution is -0.117. The maximum atomic E-state index is 12.4. The lowest BCUT2D eigenvalue weighted by atomic mass is 10.2. The topological polar surface area (TPSA) is 89.8 Å². The quantitative estimate of drug-likeness (QED) is 0.602. The Bertz CT molecular complexity index is 1210. The highest BCUT2D eigenvalue weighted by atomic mass is 35.5. The van der Waals surface area contributed by atoms with Crippen LogP contribution in [0.3, 0.4) is 0 Å². The number of nitrogens with zero attached hydrogens (tertiary/aromatic N) is 4. The first kappa shape index (κ1) is 16.2. The van der Waals surface area contributed by atoms with Crippen molar-refractivity contribution in [1.82, 2.24) is 20.0 Å². The van der Waals surface area contributed by atoms with Crippen molar-refractivity contribution in [2.75, 3.05) is 5.32 Å². The number of benzene rings is 2. The van der Waals surface area contributed by atoms with Crippen LogP contribution >= 0.6 is 11.6 Å². The third kappa shape index (κ3) is 3.00. The van der Waals surface area contributed by atoms with Gasteiger partial charge < -0.3 is 5.32 Å². The Hall–Kier alpha value is -3.32. The van der Waals surface area contributed by atoms with E-state index in [1.807, 2.05) is 6.07 Å². The van der Waals surface area contributed by atoms with Crippen LogP contribution in [-0.4, -0.2) is 25.9 Å². The van der Waals surface area contributed by atoms with E-state index in [0.717, 1.165) is 10.1 Å². The van der Waals surface area contributed by atoms with Crippen molar-refractivity contribution in [3.63, 3.8) is 0 Å². The number of fused-ring (bicyclic) bond motifs is 2. The Morgan fingerprint density at radius 2 is 2.00 bits per heavy atom. The van der Waals surface area contributed by atoms with Gasteiger partial charge in [0.15, 0.2) is 0 Å². The molecule has 0 aliphatic rings. The number of pyridine rings is 1. The Morgan fingerprint density at radius 3 is 2.88 bits per heavy atom. The molecule has 0 aliphatic heterocycles. The van der Waals surface area contributed by atoms with Crippen molar-refractivity contribution in [1.29, 1.82) is 0 Å². The fraction of sp³-hybridized carbons (Fsp3) is 0.0556. The summed E-state index contributed by atoms with van der Waals surface area (Å²) < 4.78 is 1.03. The largest absolute Gasteiger partial charge is 0.323 e. The van der Waals surface area contributed by atoms with E-state index in [4.69, 9.17) is 11.6 Å². The smallest absolute Gasteiger partial charge is 0.278 e. The molecule has 8 heteroatoms. The van der Waals surface area contributed by atoms with Crippen molar-refractivity contribution in [2.24, 2.45) is 0 Å². The van der Waals surface area contributed by atoms with Crippen molar-refractivity contribution >= 4 is 45.0 Å². The van der Waals surface area contributed by atoms with Gasteiger partial charge in [-0.05, 0) is 30.3 Å².